The number of rotatable bonds is 6. The highest BCUT2D eigenvalue weighted by Crippen LogP contribution is 2.16. The van der Waals surface area contributed by atoms with Crippen molar-refractivity contribution in [2.75, 3.05) is 11.1 Å². The Morgan fingerprint density at radius 1 is 1.42 bits per heavy atom. The molecule has 2 unspecified atom stereocenters. The minimum Gasteiger partial charge on any atom is -0.392 e. The maximum atomic E-state index is 11.7. The first-order valence-electron chi connectivity index (χ1n) is 6.12. The smallest absolute Gasteiger partial charge is 0.225 e. The number of aliphatic hydroxyl groups is 1. The van der Waals surface area contributed by atoms with Crippen molar-refractivity contribution >= 4 is 23.4 Å². The van der Waals surface area contributed by atoms with E-state index in [2.05, 4.69) is 5.32 Å². The van der Waals surface area contributed by atoms with Crippen molar-refractivity contribution in [1.29, 1.82) is 5.26 Å². The van der Waals surface area contributed by atoms with Crippen LogP contribution < -0.4 is 5.32 Å². The highest BCUT2D eigenvalue weighted by atomic mass is 32.2. The van der Waals surface area contributed by atoms with Crippen molar-refractivity contribution in [2.45, 2.75) is 31.6 Å². The van der Waals surface area contributed by atoms with Gasteiger partial charge in [0, 0.05) is 23.1 Å². The number of carbonyl (C=O) groups excluding carboxylic acids is 1. The van der Waals surface area contributed by atoms with E-state index >= 15 is 0 Å². The van der Waals surface area contributed by atoms with Crippen molar-refractivity contribution in [2.24, 2.45) is 0 Å². The van der Waals surface area contributed by atoms with Gasteiger partial charge in [-0.3, -0.25) is 4.79 Å². The van der Waals surface area contributed by atoms with E-state index in [0.29, 0.717) is 23.4 Å². The van der Waals surface area contributed by atoms with E-state index in [0.717, 1.165) is 0 Å². The second-order valence-electron chi connectivity index (χ2n) is 4.30. The molecule has 2 atom stereocenters. The predicted molar refractivity (Wildman–Crippen MR) is 78.0 cm³/mol. The highest BCUT2D eigenvalue weighted by molar-refractivity contribution is 7.99. The van der Waals surface area contributed by atoms with Gasteiger partial charge in [0.05, 0.1) is 17.7 Å². The second kappa shape index (κ2) is 7.82. The van der Waals surface area contributed by atoms with Gasteiger partial charge in [-0.2, -0.15) is 17.0 Å². The molecule has 4 nitrogen and oxygen atoms in total. The zero-order valence-electron chi connectivity index (χ0n) is 11.1. The summed E-state index contributed by atoms with van der Waals surface area (Å²) in [6.07, 6.45) is 0.0356. The fourth-order valence-electron chi connectivity index (χ4n) is 1.33. The third-order valence-corrected chi connectivity index (χ3v) is 4.05. The molecule has 0 aliphatic heterocycles. The average molecular weight is 278 g/mol. The second-order valence-corrected chi connectivity index (χ2v) is 5.79. The number of nitrogens with zero attached hydrogens (tertiary/aromatic N) is 1. The Bertz CT molecular complexity index is 452. The summed E-state index contributed by atoms with van der Waals surface area (Å²) >= 11 is 1.58. The zero-order chi connectivity index (χ0) is 14.3. The summed E-state index contributed by atoms with van der Waals surface area (Å²) in [5.41, 5.74) is 1.26. The van der Waals surface area contributed by atoms with Crippen LogP contribution in [0.2, 0.25) is 0 Å². The van der Waals surface area contributed by atoms with Crippen LogP contribution in [0.1, 0.15) is 25.8 Å². The molecule has 1 amide bonds. The van der Waals surface area contributed by atoms with E-state index in [9.17, 15) is 9.90 Å². The molecule has 0 aliphatic rings. The van der Waals surface area contributed by atoms with Gasteiger partial charge >= 0.3 is 0 Å². The fraction of sp³-hybridized carbons (Fsp3) is 0.429. The first-order chi connectivity index (χ1) is 9.02. The van der Waals surface area contributed by atoms with Gasteiger partial charge in [0.1, 0.15) is 0 Å². The van der Waals surface area contributed by atoms with Gasteiger partial charge in [-0.25, -0.2) is 0 Å². The maximum Gasteiger partial charge on any atom is 0.225 e. The van der Waals surface area contributed by atoms with Crippen LogP contribution in [-0.4, -0.2) is 28.1 Å². The summed E-state index contributed by atoms with van der Waals surface area (Å²) in [4.78, 5) is 11.7. The lowest BCUT2D eigenvalue weighted by Crippen LogP contribution is -2.17. The van der Waals surface area contributed by atoms with Crippen LogP contribution in [0.15, 0.2) is 24.3 Å². The molecule has 0 aliphatic carbocycles. The van der Waals surface area contributed by atoms with Crippen molar-refractivity contribution in [3.8, 4) is 6.07 Å². The lowest BCUT2D eigenvalue weighted by Gasteiger charge is -2.13. The molecule has 1 aromatic carbocycles. The van der Waals surface area contributed by atoms with E-state index in [1.54, 1.807) is 43.0 Å². The van der Waals surface area contributed by atoms with Crippen LogP contribution in [-0.2, 0) is 4.79 Å². The molecule has 0 spiro atoms. The number of amides is 1. The number of nitrogens with one attached hydrogen (secondary N) is 1. The highest BCUT2D eigenvalue weighted by Gasteiger charge is 2.10. The third-order valence-electron chi connectivity index (χ3n) is 2.69. The SMILES string of the molecule is CC(O)C(C)SCCC(=O)Nc1ccc(C#N)cc1. The standard InChI is InChI=1S/C14H18N2O2S/c1-10(17)11(2)19-8-7-14(18)16-13-5-3-12(9-15)4-6-13/h3-6,10-11,17H,7-8H2,1-2H3,(H,16,18). The lowest BCUT2D eigenvalue weighted by atomic mass is 10.2. The van der Waals surface area contributed by atoms with Gasteiger partial charge in [-0.1, -0.05) is 6.92 Å². The Morgan fingerprint density at radius 2 is 2.05 bits per heavy atom. The average Bonchev–Trinajstić information content (AvgIpc) is 2.39. The number of benzene rings is 1. The summed E-state index contributed by atoms with van der Waals surface area (Å²) in [6, 6.07) is 8.78. The van der Waals surface area contributed by atoms with E-state index in [1.807, 2.05) is 13.0 Å². The maximum absolute atomic E-state index is 11.7. The van der Waals surface area contributed by atoms with E-state index in [1.165, 1.54) is 0 Å². The molecule has 1 rings (SSSR count). The molecule has 1 aromatic rings. The Morgan fingerprint density at radius 3 is 2.58 bits per heavy atom. The van der Waals surface area contributed by atoms with Gasteiger partial charge in [-0.15, -0.1) is 0 Å². The molecule has 0 aromatic heterocycles. The molecule has 0 saturated carbocycles. The third kappa shape index (κ3) is 5.77. The fourth-order valence-corrected chi connectivity index (χ4v) is 2.28. The van der Waals surface area contributed by atoms with Crippen molar-refractivity contribution in [3.63, 3.8) is 0 Å². The molecule has 2 N–H and O–H groups in total. The number of carbonyl (C=O) groups is 1. The monoisotopic (exact) mass is 278 g/mol. The first-order valence-corrected chi connectivity index (χ1v) is 7.17. The molecule has 5 heteroatoms. The van der Waals surface area contributed by atoms with Crippen molar-refractivity contribution < 1.29 is 9.90 Å². The Kier molecular flexibility index (Phi) is 6.40. The number of hydrogen-bond donors (Lipinski definition) is 2. The quantitative estimate of drug-likeness (QED) is 0.838. The topological polar surface area (TPSA) is 73.1 Å². The summed E-state index contributed by atoms with van der Waals surface area (Å²) in [6.45, 7) is 3.68. The molecular weight excluding hydrogens is 260 g/mol. The van der Waals surface area contributed by atoms with Crippen LogP contribution in [0.25, 0.3) is 0 Å². The van der Waals surface area contributed by atoms with Gasteiger partial charge in [0.15, 0.2) is 0 Å². The molecule has 0 bridgehead atoms. The molecule has 0 saturated heterocycles. The summed E-state index contributed by atoms with van der Waals surface area (Å²) in [5.74, 6) is 0.615. The van der Waals surface area contributed by atoms with E-state index < -0.39 is 0 Å². The normalized spacial score (nSPS) is 13.4. The van der Waals surface area contributed by atoms with Crippen LogP contribution in [0, 0.1) is 11.3 Å². The van der Waals surface area contributed by atoms with E-state index in [4.69, 9.17) is 5.26 Å². The molecule has 102 valence electrons. The number of thioether (sulfide) groups is 1. The number of hydrogen-bond acceptors (Lipinski definition) is 4. The Balaban J connectivity index is 2.33. The Labute approximate surface area is 117 Å². The molecular formula is C14H18N2O2S. The van der Waals surface area contributed by atoms with Gasteiger partial charge < -0.3 is 10.4 Å². The summed E-state index contributed by atoms with van der Waals surface area (Å²) < 4.78 is 0. The summed E-state index contributed by atoms with van der Waals surface area (Å²) in [7, 11) is 0. The van der Waals surface area contributed by atoms with Crippen LogP contribution in [0.4, 0.5) is 5.69 Å². The van der Waals surface area contributed by atoms with Gasteiger partial charge in [-0.05, 0) is 31.2 Å². The number of nitriles is 1. The van der Waals surface area contributed by atoms with Crippen molar-refractivity contribution in [3.05, 3.63) is 29.8 Å². The largest absolute Gasteiger partial charge is 0.392 e. The van der Waals surface area contributed by atoms with Gasteiger partial charge in [0.2, 0.25) is 5.91 Å². The molecule has 0 fully saturated rings. The Hall–Kier alpha value is -1.51. The number of anilines is 1. The minimum absolute atomic E-state index is 0.0602. The summed E-state index contributed by atoms with van der Waals surface area (Å²) in [5, 5.41) is 20.9. The zero-order valence-corrected chi connectivity index (χ0v) is 11.9. The van der Waals surface area contributed by atoms with Crippen LogP contribution in [0.5, 0.6) is 0 Å². The predicted octanol–water partition coefficient (Wildman–Crippen LogP) is 2.39. The molecule has 0 radical (unpaired) electrons. The van der Waals surface area contributed by atoms with Crippen LogP contribution in [0.3, 0.4) is 0 Å². The van der Waals surface area contributed by atoms with Crippen molar-refractivity contribution in [1.82, 2.24) is 0 Å². The van der Waals surface area contributed by atoms with Crippen LogP contribution >= 0.6 is 11.8 Å². The lowest BCUT2D eigenvalue weighted by molar-refractivity contribution is -0.115. The molecule has 0 heterocycles. The number of aliphatic hydroxyl groups excluding tert-OH is 1. The van der Waals surface area contributed by atoms with Gasteiger partial charge in [0.25, 0.3) is 0 Å². The van der Waals surface area contributed by atoms with E-state index in [-0.39, 0.29) is 17.3 Å². The molecule has 19 heavy (non-hydrogen) atoms. The first kappa shape index (κ1) is 15.5. The minimum atomic E-state index is -0.369.